The molecule has 128 valence electrons. The second-order valence-corrected chi connectivity index (χ2v) is 7.35. The molecule has 0 fully saturated rings. The van der Waals surface area contributed by atoms with E-state index in [1.807, 2.05) is 0 Å². The van der Waals surface area contributed by atoms with Crippen LogP contribution < -0.4 is 9.46 Å². The van der Waals surface area contributed by atoms with Gasteiger partial charge in [0, 0.05) is 18.5 Å². The average Bonchev–Trinajstić information content (AvgIpc) is 2.58. The van der Waals surface area contributed by atoms with Gasteiger partial charge in [-0.2, -0.15) is 0 Å². The molecule has 2 aromatic carbocycles. The molecule has 6 nitrogen and oxygen atoms in total. The van der Waals surface area contributed by atoms with E-state index in [-0.39, 0.29) is 14.9 Å². The van der Waals surface area contributed by atoms with Gasteiger partial charge in [-0.05, 0) is 30.3 Å². The largest absolute Gasteiger partial charge is 0.437 e. The lowest BCUT2D eigenvalue weighted by molar-refractivity contribution is 0.460. The summed E-state index contributed by atoms with van der Waals surface area (Å²) < 4.78 is 32.9. The molecule has 0 unspecified atom stereocenters. The second-order valence-electron chi connectivity index (χ2n) is 4.85. The molecule has 1 heterocycles. The Kier molecular flexibility index (Phi) is 5.08. The van der Waals surface area contributed by atoms with Crippen molar-refractivity contribution in [1.82, 2.24) is 9.97 Å². The number of nitrogens with one attached hydrogen (secondary N) is 1. The highest BCUT2D eigenvalue weighted by molar-refractivity contribution is 7.92. The van der Waals surface area contributed by atoms with Crippen molar-refractivity contribution in [2.45, 2.75) is 4.90 Å². The topological polar surface area (TPSA) is 81.2 Å². The van der Waals surface area contributed by atoms with Gasteiger partial charge in [0.05, 0.1) is 26.8 Å². The van der Waals surface area contributed by atoms with Crippen LogP contribution in [0.2, 0.25) is 10.0 Å². The maximum atomic E-state index is 12.5. The summed E-state index contributed by atoms with van der Waals surface area (Å²) in [6, 6.07) is 10.5. The molecule has 0 aliphatic rings. The molecule has 1 aromatic heterocycles. The fourth-order valence-corrected chi connectivity index (χ4v) is 3.38. The molecule has 9 heteroatoms. The minimum absolute atomic E-state index is 0.00199. The van der Waals surface area contributed by atoms with Crippen molar-refractivity contribution in [3.8, 4) is 11.6 Å². The molecule has 0 aliphatic heterocycles. The minimum atomic E-state index is -3.82. The molecule has 3 rings (SSSR count). The molecular weight excluding hydrogens is 385 g/mol. The molecule has 0 saturated heterocycles. The number of rotatable bonds is 5. The van der Waals surface area contributed by atoms with E-state index in [1.54, 1.807) is 18.2 Å². The van der Waals surface area contributed by atoms with Crippen molar-refractivity contribution in [3.05, 3.63) is 71.1 Å². The third-order valence-corrected chi connectivity index (χ3v) is 5.17. The Balaban J connectivity index is 1.82. The van der Waals surface area contributed by atoms with E-state index in [2.05, 4.69) is 14.7 Å². The Morgan fingerprint density at radius 1 is 1.00 bits per heavy atom. The van der Waals surface area contributed by atoms with Gasteiger partial charge in [-0.1, -0.05) is 29.3 Å². The van der Waals surface area contributed by atoms with Crippen LogP contribution in [0.3, 0.4) is 0 Å². The maximum absolute atomic E-state index is 12.5. The van der Waals surface area contributed by atoms with Crippen LogP contribution >= 0.6 is 23.2 Å². The Morgan fingerprint density at radius 3 is 2.56 bits per heavy atom. The predicted molar refractivity (Wildman–Crippen MR) is 95.8 cm³/mol. The number of anilines is 1. The van der Waals surface area contributed by atoms with Gasteiger partial charge >= 0.3 is 0 Å². The van der Waals surface area contributed by atoms with Gasteiger partial charge in [-0.15, -0.1) is 0 Å². The molecule has 0 amide bonds. The second kappa shape index (κ2) is 7.26. The van der Waals surface area contributed by atoms with E-state index in [1.165, 1.54) is 42.9 Å². The third-order valence-electron chi connectivity index (χ3n) is 3.05. The van der Waals surface area contributed by atoms with Crippen LogP contribution in [0, 0.1) is 0 Å². The number of benzene rings is 2. The van der Waals surface area contributed by atoms with Crippen LogP contribution in [-0.2, 0) is 10.0 Å². The SMILES string of the molecule is O=S(=O)(Nc1cccc(Oc2cnccn2)c1)c1ccc(Cl)c(Cl)c1. The first kappa shape index (κ1) is 17.5. The van der Waals surface area contributed by atoms with Gasteiger partial charge in [-0.3, -0.25) is 9.71 Å². The van der Waals surface area contributed by atoms with Gasteiger partial charge < -0.3 is 4.74 Å². The molecule has 0 saturated carbocycles. The number of hydrogen-bond acceptors (Lipinski definition) is 5. The number of sulfonamides is 1. The zero-order valence-electron chi connectivity index (χ0n) is 12.6. The summed E-state index contributed by atoms with van der Waals surface area (Å²) in [5.74, 6) is 0.710. The number of nitrogens with zero attached hydrogens (tertiary/aromatic N) is 2. The zero-order chi connectivity index (χ0) is 17.9. The number of ether oxygens (including phenoxy) is 1. The highest BCUT2D eigenvalue weighted by atomic mass is 35.5. The van der Waals surface area contributed by atoms with Crippen molar-refractivity contribution in [2.24, 2.45) is 0 Å². The number of halogens is 2. The fourth-order valence-electron chi connectivity index (χ4n) is 1.94. The van der Waals surface area contributed by atoms with Gasteiger partial charge in [0.15, 0.2) is 0 Å². The van der Waals surface area contributed by atoms with Gasteiger partial charge in [0.1, 0.15) is 5.75 Å². The van der Waals surface area contributed by atoms with Crippen molar-refractivity contribution < 1.29 is 13.2 Å². The van der Waals surface area contributed by atoms with E-state index in [0.717, 1.165) is 0 Å². The van der Waals surface area contributed by atoms with Crippen LogP contribution in [0.4, 0.5) is 5.69 Å². The quantitative estimate of drug-likeness (QED) is 0.693. The summed E-state index contributed by atoms with van der Waals surface area (Å²) in [7, 11) is -3.82. The third kappa shape index (κ3) is 4.39. The Bertz CT molecular complexity index is 999. The lowest BCUT2D eigenvalue weighted by Gasteiger charge is -2.10. The Morgan fingerprint density at radius 2 is 1.84 bits per heavy atom. The van der Waals surface area contributed by atoms with E-state index < -0.39 is 10.0 Å². The van der Waals surface area contributed by atoms with E-state index in [0.29, 0.717) is 17.3 Å². The molecule has 0 aliphatic carbocycles. The summed E-state index contributed by atoms with van der Waals surface area (Å²) in [5, 5.41) is 0.435. The maximum Gasteiger partial charge on any atom is 0.261 e. The summed E-state index contributed by atoms with van der Waals surface area (Å²) in [5.41, 5.74) is 0.326. The highest BCUT2D eigenvalue weighted by Gasteiger charge is 2.16. The van der Waals surface area contributed by atoms with E-state index >= 15 is 0 Å². The van der Waals surface area contributed by atoms with Crippen molar-refractivity contribution in [3.63, 3.8) is 0 Å². The van der Waals surface area contributed by atoms with Crippen LogP contribution in [0.1, 0.15) is 0 Å². The normalized spacial score (nSPS) is 11.1. The smallest absolute Gasteiger partial charge is 0.261 e. The molecule has 3 aromatic rings. The van der Waals surface area contributed by atoms with Gasteiger partial charge in [0.25, 0.3) is 10.0 Å². The van der Waals surface area contributed by atoms with Crippen molar-refractivity contribution in [1.29, 1.82) is 0 Å². The van der Waals surface area contributed by atoms with E-state index in [4.69, 9.17) is 27.9 Å². The van der Waals surface area contributed by atoms with Crippen LogP contribution in [0.5, 0.6) is 11.6 Å². The molecule has 0 spiro atoms. The fraction of sp³-hybridized carbons (Fsp3) is 0. The highest BCUT2D eigenvalue weighted by Crippen LogP contribution is 2.27. The standard InChI is InChI=1S/C16H11Cl2N3O3S/c17-14-5-4-13(9-15(14)18)25(22,23)21-11-2-1-3-12(8-11)24-16-10-19-6-7-20-16/h1-10,21H. The molecule has 25 heavy (non-hydrogen) atoms. The summed E-state index contributed by atoms with van der Waals surface area (Å²) in [6.07, 6.45) is 4.47. The van der Waals surface area contributed by atoms with Crippen LogP contribution in [0.15, 0.2) is 66.0 Å². The molecule has 1 N–H and O–H groups in total. The minimum Gasteiger partial charge on any atom is -0.437 e. The summed E-state index contributed by atoms with van der Waals surface area (Å²) in [6.45, 7) is 0. The predicted octanol–water partition coefficient (Wildman–Crippen LogP) is 4.38. The van der Waals surface area contributed by atoms with Gasteiger partial charge in [0.2, 0.25) is 5.88 Å². The van der Waals surface area contributed by atoms with Crippen molar-refractivity contribution in [2.75, 3.05) is 4.72 Å². The summed E-state index contributed by atoms with van der Waals surface area (Å²) >= 11 is 11.7. The van der Waals surface area contributed by atoms with E-state index in [9.17, 15) is 8.42 Å². The lowest BCUT2D eigenvalue weighted by Crippen LogP contribution is -2.12. The average molecular weight is 396 g/mol. The summed E-state index contributed by atoms with van der Waals surface area (Å²) in [4.78, 5) is 7.89. The molecule has 0 bridgehead atoms. The van der Waals surface area contributed by atoms with Gasteiger partial charge in [-0.25, -0.2) is 13.4 Å². The van der Waals surface area contributed by atoms with Crippen LogP contribution in [0.25, 0.3) is 0 Å². The number of aromatic nitrogens is 2. The monoisotopic (exact) mass is 395 g/mol. The molecule has 0 atom stereocenters. The number of hydrogen-bond donors (Lipinski definition) is 1. The first-order valence-electron chi connectivity index (χ1n) is 6.96. The first-order chi connectivity index (χ1) is 11.9. The molecular formula is C16H11Cl2N3O3S. The molecule has 0 radical (unpaired) electrons. The lowest BCUT2D eigenvalue weighted by atomic mass is 10.3. The Labute approximate surface area is 154 Å². The zero-order valence-corrected chi connectivity index (χ0v) is 14.9. The van der Waals surface area contributed by atoms with Crippen LogP contribution in [-0.4, -0.2) is 18.4 Å². The Hall–Kier alpha value is -2.35. The first-order valence-corrected chi connectivity index (χ1v) is 9.20. The van der Waals surface area contributed by atoms with Crippen molar-refractivity contribution >= 4 is 38.9 Å².